The number of halogens is 1. The average Bonchev–Trinajstić information content (AvgIpc) is 3.66. The molecule has 0 fully saturated rings. The molecule has 1 aromatic heterocycles. The van der Waals surface area contributed by atoms with Crippen LogP contribution in [0.3, 0.4) is 0 Å². The Labute approximate surface area is 250 Å². The number of thiazole rings is 1. The van der Waals surface area contributed by atoms with Crippen LogP contribution in [0.1, 0.15) is 44.7 Å². The Balaban J connectivity index is 1.24. The van der Waals surface area contributed by atoms with Gasteiger partial charge >= 0.3 is 0 Å². The minimum atomic E-state index is -0.0790. The first-order valence-electron chi connectivity index (χ1n) is 13.6. The lowest BCUT2D eigenvalue weighted by Gasteiger charge is -2.22. The molecule has 0 bridgehead atoms. The summed E-state index contributed by atoms with van der Waals surface area (Å²) < 4.78 is 16.6. The number of nitrogens with zero attached hydrogens (tertiary/aromatic N) is 3. The normalized spacial score (nSPS) is 12.1. The van der Waals surface area contributed by atoms with Crippen molar-refractivity contribution in [3.05, 3.63) is 104 Å². The zero-order chi connectivity index (χ0) is 28.8. The molecule has 1 aliphatic rings. The lowest BCUT2D eigenvalue weighted by molar-refractivity contribution is 0.0791. The second-order valence-corrected chi connectivity index (χ2v) is 11.4. The molecule has 0 atom stereocenters. The van der Waals surface area contributed by atoms with E-state index in [1.54, 1.807) is 12.0 Å². The fraction of sp³-hybridized carbons (Fsp3) is 0.312. The molecule has 7 nitrogen and oxygen atoms in total. The van der Waals surface area contributed by atoms with Crippen molar-refractivity contribution in [1.29, 1.82) is 0 Å². The van der Waals surface area contributed by atoms with Gasteiger partial charge in [-0.15, -0.1) is 11.3 Å². The number of hydrogen-bond acceptors (Lipinski definition) is 7. The third-order valence-electron chi connectivity index (χ3n) is 7.11. The molecule has 1 amide bonds. The summed E-state index contributed by atoms with van der Waals surface area (Å²) in [6.45, 7) is 4.93. The van der Waals surface area contributed by atoms with E-state index in [1.807, 2.05) is 48.8 Å². The van der Waals surface area contributed by atoms with Crippen LogP contribution in [0.15, 0.2) is 66.0 Å². The van der Waals surface area contributed by atoms with Crippen molar-refractivity contribution < 1.29 is 19.0 Å². The largest absolute Gasteiger partial charge is 0.496 e. The van der Waals surface area contributed by atoms with Crippen LogP contribution in [0.4, 0.5) is 0 Å². The van der Waals surface area contributed by atoms with Gasteiger partial charge in [0.1, 0.15) is 16.5 Å². The molecule has 0 N–H and O–H groups in total. The molecular formula is C32H34ClN3O4S. The van der Waals surface area contributed by atoms with Crippen LogP contribution < -0.4 is 14.2 Å². The van der Waals surface area contributed by atoms with Crippen LogP contribution in [0.25, 0.3) is 0 Å². The highest BCUT2D eigenvalue weighted by molar-refractivity contribution is 7.09. The number of aromatic nitrogens is 1. The van der Waals surface area contributed by atoms with Gasteiger partial charge in [-0.2, -0.15) is 0 Å². The maximum absolute atomic E-state index is 13.2. The molecule has 0 radical (unpaired) electrons. The van der Waals surface area contributed by atoms with Gasteiger partial charge in [-0.05, 0) is 65.4 Å². The molecule has 4 aromatic rings. The summed E-state index contributed by atoms with van der Waals surface area (Å²) in [6.07, 6.45) is 1.66. The van der Waals surface area contributed by atoms with E-state index >= 15 is 0 Å². The van der Waals surface area contributed by atoms with Gasteiger partial charge in [0, 0.05) is 37.1 Å². The lowest BCUT2D eigenvalue weighted by atomic mass is 10.1. The fourth-order valence-electron chi connectivity index (χ4n) is 4.82. The summed E-state index contributed by atoms with van der Waals surface area (Å²) in [7, 11) is 3.52. The molecule has 5 rings (SSSR count). The van der Waals surface area contributed by atoms with Crippen LogP contribution in [-0.4, -0.2) is 48.2 Å². The van der Waals surface area contributed by atoms with E-state index in [0.29, 0.717) is 36.9 Å². The Morgan fingerprint density at radius 1 is 0.976 bits per heavy atom. The number of hydrogen-bond donors (Lipinski definition) is 0. The number of likely N-dealkylation sites (N-methyl/N-ethyl adjacent to an activating group) is 1. The molecule has 0 spiro atoms. The summed E-state index contributed by atoms with van der Waals surface area (Å²) >= 11 is 7.62. The first-order chi connectivity index (χ1) is 19.9. The summed E-state index contributed by atoms with van der Waals surface area (Å²) in [4.78, 5) is 22.0. The Morgan fingerprint density at radius 2 is 1.71 bits per heavy atom. The smallest absolute Gasteiger partial charge is 0.273 e. The highest BCUT2D eigenvalue weighted by Gasteiger charge is 2.19. The van der Waals surface area contributed by atoms with E-state index < -0.39 is 0 Å². The summed E-state index contributed by atoms with van der Waals surface area (Å²) in [5.41, 5.74) is 5.05. The molecule has 0 saturated heterocycles. The summed E-state index contributed by atoms with van der Waals surface area (Å²) in [6, 6.07) is 20.2. The molecule has 214 valence electrons. The van der Waals surface area contributed by atoms with E-state index in [-0.39, 0.29) is 12.7 Å². The summed E-state index contributed by atoms with van der Waals surface area (Å²) in [5.74, 6) is 2.35. The molecule has 41 heavy (non-hydrogen) atoms. The van der Waals surface area contributed by atoms with Crippen molar-refractivity contribution in [2.45, 2.75) is 39.4 Å². The molecule has 9 heteroatoms. The first-order valence-corrected chi connectivity index (χ1v) is 14.9. The van der Waals surface area contributed by atoms with Gasteiger partial charge in [0.25, 0.3) is 5.91 Å². The van der Waals surface area contributed by atoms with E-state index in [2.05, 4.69) is 36.1 Å². The molecular weight excluding hydrogens is 558 g/mol. The SMILES string of the molecule is CCc1ccc(CCN(C)C(=O)c2csc(CN(Cc3ccc(Cl)cc3)Cc3ccc4c(c3)OCO4)n2)cc1OC. The third-order valence-corrected chi connectivity index (χ3v) is 8.19. The quantitative estimate of drug-likeness (QED) is 0.185. The highest BCUT2D eigenvalue weighted by Crippen LogP contribution is 2.33. The highest BCUT2D eigenvalue weighted by atomic mass is 35.5. The Kier molecular flexibility index (Phi) is 9.44. The number of carbonyl (C=O) groups excluding carboxylic acids is 1. The number of amides is 1. The third kappa shape index (κ3) is 7.38. The van der Waals surface area contributed by atoms with Gasteiger partial charge in [-0.3, -0.25) is 9.69 Å². The predicted molar refractivity (Wildman–Crippen MR) is 162 cm³/mol. The van der Waals surface area contributed by atoms with E-state index in [1.165, 1.54) is 16.9 Å². The number of methoxy groups -OCH3 is 1. The van der Waals surface area contributed by atoms with Crippen molar-refractivity contribution in [3.8, 4) is 17.2 Å². The molecule has 3 aromatic carbocycles. The van der Waals surface area contributed by atoms with Gasteiger partial charge in [0.15, 0.2) is 11.5 Å². The van der Waals surface area contributed by atoms with E-state index in [9.17, 15) is 4.79 Å². The topological polar surface area (TPSA) is 64.1 Å². The molecule has 1 aliphatic heterocycles. The molecule has 2 heterocycles. The summed E-state index contributed by atoms with van der Waals surface area (Å²) in [5, 5.41) is 3.45. The van der Waals surface area contributed by atoms with Gasteiger partial charge < -0.3 is 19.1 Å². The first kappa shape index (κ1) is 28.9. The maximum atomic E-state index is 13.2. The van der Waals surface area contributed by atoms with Crippen molar-refractivity contribution in [1.82, 2.24) is 14.8 Å². The van der Waals surface area contributed by atoms with Gasteiger partial charge in [0.2, 0.25) is 6.79 Å². The van der Waals surface area contributed by atoms with Crippen molar-refractivity contribution in [3.63, 3.8) is 0 Å². The average molecular weight is 592 g/mol. The zero-order valence-corrected chi connectivity index (χ0v) is 25.1. The Bertz CT molecular complexity index is 1490. The van der Waals surface area contributed by atoms with Crippen LogP contribution in [-0.2, 0) is 32.5 Å². The standard InChI is InChI=1S/C32H34ClN3O4S/c1-4-25-9-5-22(15-29(25)38-3)13-14-35(2)32(37)27-20-41-31(34-27)19-36(17-23-6-10-26(33)11-7-23)18-24-8-12-28-30(16-24)40-21-39-28/h5-12,15-16,20H,4,13-14,17-19,21H2,1-3H3. The van der Waals surface area contributed by atoms with Crippen LogP contribution in [0.5, 0.6) is 17.2 Å². The minimum Gasteiger partial charge on any atom is -0.496 e. The van der Waals surface area contributed by atoms with Crippen LogP contribution >= 0.6 is 22.9 Å². The number of aryl methyl sites for hydroxylation is 1. The zero-order valence-electron chi connectivity index (χ0n) is 23.6. The number of rotatable bonds is 12. The van der Waals surface area contributed by atoms with Crippen molar-refractivity contribution >= 4 is 28.8 Å². The molecule has 0 saturated carbocycles. The van der Waals surface area contributed by atoms with Gasteiger partial charge in [-0.25, -0.2) is 4.98 Å². The van der Waals surface area contributed by atoms with Gasteiger partial charge in [-0.1, -0.05) is 48.9 Å². The van der Waals surface area contributed by atoms with E-state index in [0.717, 1.165) is 51.8 Å². The lowest BCUT2D eigenvalue weighted by Crippen LogP contribution is -2.29. The second kappa shape index (κ2) is 13.4. The predicted octanol–water partition coefficient (Wildman–Crippen LogP) is 6.61. The second-order valence-electron chi connectivity index (χ2n) is 10.1. The minimum absolute atomic E-state index is 0.0790. The van der Waals surface area contributed by atoms with Crippen LogP contribution in [0, 0.1) is 0 Å². The maximum Gasteiger partial charge on any atom is 0.273 e. The Morgan fingerprint density at radius 3 is 2.49 bits per heavy atom. The van der Waals surface area contributed by atoms with Gasteiger partial charge in [0.05, 0.1) is 13.7 Å². The number of carbonyl (C=O) groups is 1. The monoisotopic (exact) mass is 591 g/mol. The van der Waals surface area contributed by atoms with Crippen molar-refractivity contribution in [2.75, 3.05) is 27.5 Å². The Hall–Kier alpha value is -3.59. The van der Waals surface area contributed by atoms with Crippen LogP contribution in [0.2, 0.25) is 5.02 Å². The number of fused-ring (bicyclic) bond motifs is 1. The van der Waals surface area contributed by atoms with E-state index in [4.69, 9.17) is 30.8 Å². The number of benzene rings is 3. The van der Waals surface area contributed by atoms with Crippen molar-refractivity contribution in [2.24, 2.45) is 0 Å². The number of ether oxygens (including phenoxy) is 3. The molecule has 0 aliphatic carbocycles. The molecule has 0 unspecified atom stereocenters. The fourth-order valence-corrected chi connectivity index (χ4v) is 5.75.